The summed E-state index contributed by atoms with van der Waals surface area (Å²) in [6.07, 6.45) is 3.70. The Morgan fingerprint density at radius 1 is 1.50 bits per heavy atom. The van der Waals surface area contributed by atoms with Crippen LogP contribution in [0.3, 0.4) is 0 Å². The highest BCUT2D eigenvalue weighted by Gasteiger charge is 2.20. The summed E-state index contributed by atoms with van der Waals surface area (Å²) in [5.74, 6) is 0.749. The fraction of sp³-hybridized carbons (Fsp3) is 0.818. The number of aryl methyl sites for hydroxylation is 1. The Hall–Kier alpha value is -0.940. The number of aromatic nitrogens is 2. The first-order chi connectivity index (χ1) is 7.79. The second-order valence-corrected chi connectivity index (χ2v) is 4.62. The molecule has 1 aliphatic rings. The molecule has 0 spiro atoms. The van der Waals surface area contributed by atoms with Crippen molar-refractivity contribution in [2.24, 2.45) is 11.7 Å². The van der Waals surface area contributed by atoms with Crippen molar-refractivity contribution in [2.45, 2.75) is 32.7 Å². The predicted octanol–water partition coefficient (Wildman–Crippen LogP) is 0.939. The smallest absolute Gasteiger partial charge is 0.122 e. The Balaban J connectivity index is 1.88. The van der Waals surface area contributed by atoms with Gasteiger partial charge in [-0.2, -0.15) is 0 Å². The zero-order valence-corrected chi connectivity index (χ0v) is 9.85. The molecular weight excluding hydrogens is 204 g/mol. The molecule has 16 heavy (non-hydrogen) atoms. The predicted molar refractivity (Wildman–Crippen MR) is 60.7 cm³/mol. The topological polar surface area (TPSA) is 68.2 Å². The lowest BCUT2D eigenvalue weighted by Gasteiger charge is -2.31. The van der Waals surface area contributed by atoms with Gasteiger partial charge >= 0.3 is 0 Å². The van der Waals surface area contributed by atoms with Gasteiger partial charge in [0.05, 0.1) is 0 Å². The van der Waals surface area contributed by atoms with Crippen LogP contribution in [-0.2, 0) is 6.54 Å². The number of nitrogens with two attached hydrogens (primary N) is 1. The zero-order valence-electron chi connectivity index (χ0n) is 9.85. The van der Waals surface area contributed by atoms with E-state index < -0.39 is 0 Å². The molecule has 1 aliphatic heterocycles. The second-order valence-electron chi connectivity index (χ2n) is 4.62. The molecule has 0 aromatic carbocycles. The fourth-order valence-corrected chi connectivity index (χ4v) is 2.37. The van der Waals surface area contributed by atoms with Gasteiger partial charge in [-0.15, -0.1) is 0 Å². The molecule has 2 heterocycles. The quantitative estimate of drug-likeness (QED) is 0.824. The molecule has 0 radical (unpaired) electrons. The largest absolute Gasteiger partial charge is 0.330 e. The average molecular weight is 224 g/mol. The van der Waals surface area contributed by atoms with Crippen LogP contribution < -0.4 is 5.73 Å². The summed E-state index contributed by atoms with van der Waals surface area (Å²) in [5.41, 5.74) is 7.48. The lowest BCUT2D eigenvalue weighted by molar-refractivity contribution is 0.159. The zero-order chi connectivity index (χ0) is 11.4. The van der Waals surface area contributed by atoms with E-state index >= 15 is 0 Å². The lowest BCUT2D eigenvalue weighted by Crippen LogP contribution is -2.35. The van der Waals surface area contributed by atoms with Gasteiger partial charge in [-0.3, -0.25) is 4.90 Å². The van der Waals surface area contributed by atoms with Crippen molar-refractivity contribution >= 4 is 0 Å². The molecule has 1 aromatic rings. The van der Waals surface area contributed by atoms with Crippen LogP contribution in [0.1, 0.15) is 30.7 Å². The molecular formula is C11H20N4O. The fourth-order valence-electron chi connectivity index (χ4n) is 2.37. The number of hydrogen-bond acceptors (Lipinski definition) is 5. The average Bonchev–Trinajstić information content (AvgIpc) is 2.66. The van der Waals surface area contributed by atoms with Crippen LogP contribution in [0.2, 0.25) is 0 Å². The van der Waals surface area contributed by atoms with E-state index in [4.69, 9.17) is 10.4 Å². The van der Waals surface area contributed by atoms with Crippen molar-refractivity contribution in [3.63, 3.8) is 0 Å². The first-order valence-corrected chi connectivity index (χ1v) is 6.00. The first kappa shape index (κ1) is 11.5. The van der Waals surface area contributed by atoms with Gasteiger partial charge in [0.1, 0.15) is 11.4 Å². The molecule has 0 saturated carbocycles. The number of nitrogens with zero attached hydrogens (tertiary/aromatic N) is 3. The third-order valence-electron chi connectivity index (χ3n) is 3.30. The standard InChI is InChI=1S/C11H20N4O/c1-9-11(14-16-13-9)8-15-6-2-3-10(7-15)4-5-12/h10H,2-8,12H2,1H3. The van der Waals surface area contributed by atoms with Crippen LogP contribution in [0.25, 0.3) is 0 Å². The highest BCUT2D eigenvalue weighted by molar-refractivity contribution is 5.04. The SMILES string of the molecule is Cc1nonc1CN1CCCC(CCN)C1. The van der Waals surface area contributed by atoms with Crippen LogP contribution in [-0.4, -0.2) is 34.8 Å². The van der Waals surface area contributed by atoms with Crippen molar-refractivity contribution in [1.29, 1.82) is 0 Å². The Labute approximate surface area is 95.9 Å². The Kier molecular flexibility index (Phi) is 3.90. The van der Waals surface area contributed by atoms with Gasteiger partial charge in [0.15, 0.2) is 0 Å². The first-order valence-electron chi connectivity index (χ1n) is 6.00. The molecule has 1 unspecified atom stereocenters. The van der Waals surface area contributed by atoms with Crippen molar-refractivity contribution in [2.75, 3.05) is 19.6 Å². The van der Waals surface area contributed by atoms with E-state index in [0.717, 1.165) is 49.9 Å². The number of likely N-dealkylation sites (tertiary alicyclic amines) is 1. The Bertz CT molecular complexity index is 324. The molecule has 0 amide bonds. The maximum atomic E-state index is 5.61. The Morgan fingerprint density at radius 2 is 2.38 bits per heavy atom. The Morgan fingerprint density at radius 3 is 3.06 bits per heavy atom. The molecule has 2 rings (SSSR count). The highest BCUT2D eigenvalue weighted by atomic mass is 16.6. The van der Waals surface area contributed by atoms with Crippen molar-refractivity contribution in [3.05, 3.63) is 11.4 Å². The number of piperidine rings is 1. The minimum absolute atomic E-state index is 0.749. The van der Waals surface area contributed by atoms with Crippen LogP contribution >= 0.6 is 0 Å². The third kappa shape index (κ3) is 2.80. The van der Waals surface area contributed by atoms with Gasteiger partial charge in [-0.25, -0.2) is 4.63 Å². The van der Waals surface area contributed by atoms with Crippen LogP contribution in [0, 0.1) is 12.8 Å². The minimum Gasteiger partial charge on any atom is -0.330 e. The van der Waals surface area contributed by atoms with Gasteiger partial charge < -0.3 is 5.73 Å². The van der Waals surface area contributed by atoms with Gasteiger partial charge in [0.2, 0.25) is 0 Å². The monoisotopic (exact) mass is 224 g/mol. The van der Waals surface area contributed by atoms with E-state index in [1.165, 1.54) is 12.8 Å². The van der Waals surface area contributed by atoms with Crippen LogP contribution in [0.15, 0.2) is 4.63 Å². The molecule has 0 bridgehead atoms. The summed E-state index contributed by atoms with van der Waals surface area (Å²) < 4.78 is 4.71. The summed E-state index contributed by atoms with van der Waals surface area (Å²) in [5, 5.41) is 7.73. The van der Waals surface area contributed by atoms with Crippen LogP contribution in [0.4, 0.5) is 0 Å². The molecule has 1 aromatic heterocycles. The highest BCUT2D eigenvalue weighted by Crippen LogP contribution is 2.20. The van der Waals surface area contributed by atoms with Crippen molar-refractivity contribution in [3.8, 4) is 0 Å². The van der Waals surface area contributed by atoms with Gasteiger partial charge in [-0.1, -0.05) is 10.3 Å². The molecule has 2 N–H and O–H groups in total. The summed E-state index contributed by atoms with van der Waals surface area (Å²) in [4.78, 5) is 2.43. The summed E-state index contributed by atoms with van der Waals surface area (Å²) in [6.45, 7) is 5.86. The molecule has 5 nitrogen and oxygen atoms in total. The third-order valence-corrected chi connectivity index (χ3v) is 3.30. The number of hydrogen-bond donors (Lipinski definition) is 1. The van der Waals surface area contributed by atoms with Gasteiger partial charge in [0, 0.05) is 13.1 Å². The summed E-state index contributed by atoms with van der Waals surface area (Å²) in [7, 11) is 0. The normalized spacial score (nSPS) is 22.5. The second kappa shape index (κ2) is 5.41. The lowest BCUT2D eigenvalue weighted by atomic mass is 9.95. The molecule has 0 aliphatic carbocycles. The van der Waals surface area contributed by atoms with E-state index in [0.29, 0.717) is 0 Å². The van der Waals surface area contributed by atoms with E-state index in [9.17, 15) is 0 Å². The van der Waals surface area contributed by atoms with Crippen LogP contribution in [0.5, 0.6) is 0 Å². The van der Waals surface area contributed by atoms with Crippen molar-refractivity contribution < 1.29 is 4.63 Å². The molecule has 1 atom stereocenters. The maximum Gasteiger partial charge on any atom is 0.122 e. The molecule has 5 heteroatoms. The maximum absolute atomic E-state index is 5.61. The van der Waals surface area contributed by atoms with E-state index in [1.54, 1.807) is 0 Å². The molecule has 90 valence electrons. The van der Waals surface area contributed by atoms with E-state index in [2.05, 4.69) is 15.2 Å². The summed E-state index contributed by atoms with van der Waals surface area (Å²) in [6, 6.07) is 0. The van der Waals surface area contributed by atoms with E-state index in [-0.39, 0.29) is 0 Å². The van der Waals surface area contributed by atoms with Gasteiger partial charge in [-0.05, 0) is 45.2 Å². The minimum atomic E-state index is 0.749. The van der Waals surface area contributed by atoms with Gasteiger partial charge in [0.25, 0.3) is 0 Å². The van der Waals surface area contributed by atoms with E-state index in [1.807, 2.05) is 6.92 Å². The summed E-state index contributed by atoms with van der Waals surface area (Å²) >= 11 is 0. The van der Waals surface area contributed by atoms with Crippen molar-refractivity contribution in [1.82, 2.24) is 15.2 Å². The number of rotatable bonds is 4. The molecule has 1 fully saturated rings. The molecule has 1 saturated heterocycles.